The Hall–Kier alpha value is -1.31. The first-order valence-corrected chi connectivity index (χ1v) is 7.13. The maximum Gasteiger partial charge on any atom is 0.123 e. The molecule has 0 unspecified atom stereocenters. The number of hydrogen-bond donors (Lipinski definition) is 0. The highest BCUT2D eigenvalue weighted by molar-refractivity contribution is 5.55. The second kappa shape index (κ2) is 5.77. The number of carbonyl (C=O) groups excluding carboxylic acids is 1. The van der Waals surface area contributed by atoms with Gasteiger partial charge in [-0.3, -0.25) is 0 Å². The third kappa shape index (κ3) is 3.37. The Morgan fingerprint density at radius 2 is 2.00 bits per heavy atom. The topological polar surface area (TPSA) is 26.3 Å². The Morgan fingerprint density at radius 1 is 1.32 bits per heavy atom. The molecule has 0 aliphatic heterocycles. The minimum atomic E-state index is 0.187. The van der Waals surface area contributed by atoms with Gasteiger partial charge in [-0.15, -0.1) is 0 Å². The van der Waals surface area contributed by atoms with Crippen molar-refractivity contribution in [3.8, 4) is 5.75 Å². The molecule has 1 aliphatic rings. The van der Waals surface area contributed by atoms with Crippen LogP contribution in [0.15, 0.2) is 24.3 Å². The summed E-state index contributed by atoms with van der Waals surface area (Å²) in [5.41, 5.74) is 1.54. The molecule has 0 N–H and O–H groups in total. The summed E-state index contributed by atoms with van der Waals surface area (Å²) in [5, 5.41) is 0. The van der Waals surface area contributed by atoms with Crippen molar-refractivity contribution >= 4 is 6.29 Å². The van der Waals surface area contributed by atoms with E-state index in [1.54, 1.807) is 7.11 Å². The van der Waals surface area contributed by atoms with Gasteiger partial charge >= 0.3 is 0 Å². The molecule has 104 valence electrons. The third-order valence-corrected chi connectivity index (χ3v) is 4.57. The van der Waals surface area contributed by atoms with Crippen LogP contribution in [0.25, 0.3) is 0 Å². The zero-order chi connectivity index (χ0) is 13.9. The highest BCUT2D eigenvalue weighted by Crippen LogP contribution is 2.46. The molecule has 2 atom stereocenters. The van der Waals surface area contributed by atoms with E-state index in [-0.39, 0.29) is 11.3 Å². The lowest BCUT2D eigenvalue weighted by atomic mass is 9.82. The van der Waals surface area contributed by atoms with Crippen molar-refractivity contribution in [3.05, 3.63) is 29.8 Å². The van der Waals surface area contributed by atoms with Crippen molar-refractivity contribution in [1.82, 2.24) is 0 Å². The molecule has 1 aliphatic carbocycles. The van der Waals surface area contributed by atoms with Gasteiger partial charge in [0.25, 0.3) is 0 Å². The van der Waals surface area contributed by atoms with Gasteiger partial charge in [0, 0.05) is 5.92 Å². The molecule has 0 amide bonds. The molecule has 2 rings (SSSR count). The lowest BCUT2D eigenvalue weighted by Gasteiger charge is -2.21. The van der Waals surface area contributed by atoms with E-state index in [0.717, 1.165) is 24.9 Å². The fourth-order valence-corrected chi connectivity index (χ4v) is 3.28. The van der Waals surface area contributed by atoms with Crippen LogP contribution in [0, 0.1) is 17.3 Å². The number of methoxy groups -OCH3 is 1. The van der Waals surface area contributed by atoms with Gasteiger partial charge in [-0.1, -0.05) is 26.0 Å². The van der Waals surface area contributed by atoms with E-state index in [1.165, 1.54) is 18.4 Å². The minimum Gasteiger partial charge on any atom is -0.497 e. The van der Waals surface area contributed by atoms with Gasteiger partial charge in [-0.25, -0.2) is 0 Å². The summed E-state index contributed by atoms with van der Waals surface area (Å²) in [6.07, 6.45) is 5.67. The summed E-state index contributed by atoms with van der Waals surface area (Å²) in [7, 11) is 1.69. The number of hydrogen-bond acceptors (Lipinski definition) is 2. The lowest BCUT2D eigenvalue weighted by molar-refractivity contribution is -0.113. The van der Waals surface area contributed by atoms with E-state index in [0.29, 0.717) is 5.92 Å². The molecule has 0 heterocycles. The zero-order valence-electron chi connectivity index (χ0n) is 12.2. The third-order valence-electron chi connectivity index (χ3n) is 4.57. The van der Waals surface area contributed by atoms with Gasteiger partial charge in [0.1, 0.15) is 12.0 Å². The standard InChI is InChI=1S/C17H24O2/c1-17(2)11-14(10-15(17)12-18)5-4-13-6-8-16(19-3)9-7-13/h6-9,12,14-15H,4-5,10-11H2,1-3H3/t14-,15-/m1/s1. The van der Waals surface area contributed by atoms with Crippen molar-refractivity contribution < 1.29 is 9.53 Å². The van der Waals surface area contributed by atoms with Crippen LogP contribution in [-0.2, 0) is 11.2 Å². The summed E-state index contributed by atoms with van der Waals surface area (Å²) in [6.45, 7) is 4.44. The van der Waals surface area contributed by atoms with Gasteiger partial charge in [0.2, 0.25) is 0 Å². The Bertz CT molecular complexity index is 419. The van der Waals surface area contributed by atoms with Crippen LogP contribution in [0.5, 0.6) is 5.75 Å². The van der Waals surface area contributed by atoms with E-state index in [2.05, 4.69) is 26.0 Å². The Kier molecular flexibility index (Phi) is 4.28. The van der Waals surface area contributed by atoms with Gasteiger partial charge in [0.05, 0.1) is 7.11 Å². The molecule has 0 aromatic heterocycles. The first-order valence-electron chi connectivity index (χ1n) is 7.13. The summed E-state index contributed by atoms with van der Waals surface area (Å²) in [6, 6.07) is 8.30. The van der Waals surface area contributed by atoms with Crippen LogP contribution in [0.3, 0.4) is 0 Å². The molecule has 1 fully saturated rings. The van der Waals surface area contributed by atoms with Crippen LogP contribution in [0.1, 0.15) is 38.7 Å². The normalized spacial score (nSPS) is 25.2. The van der Waals surface area contributed by atoms with E-state index in [1.807, 2.05) is 12.1 Å². The van der Waals surface area contributed by atoms with E-state index in [9.17, 15) is 4.79 Å². The van der Waals surface area contributed by atoms with Crippen molar-refractivity contribution in [2.75, 3.05) is 7.11 Å². The molecule has 0 saturated heterocycles. The molecule has 2 heteroatoms. The zero-order valence-corrected chi connectivity index (χ0v) is 12.2. The van der Waals surface area contributed by atoms with Crippen LogP contribution < -0.4 is 4.74 Å². The first-order chi connectivity index (χ1) is 9.05. The van der Waals surface area contributed by atoms with Crippen molar-refractivity contribution in [2.24, 2.45) is 17.3 Å². The van der Waals surface area contributed by atoms with E-state index >= 15 is 0 Å². The molecular formula is C17H24O2. The molecule has 1 aromatic rings. The molecule has 1 saturated carbocycles. The van der Waals surface area contributed by atoms with E-state index in [4.69, 9.17) is 4.74 Å². The van der Waals surface area contributed by atoms with Crippen LogP contribution >= 0.6 is 0 Å². The predicted molar refractivity (Wildman–Crippen MR) is 77.4 cm³/mol. The lowest BCUT2D eigenvalue weighted by Crippen LogP contribution is -2.17. The molecule has 0 radical (unpaired) electrons. The first kappa shape index (κ1) is 14.1. The fraction of sp³-hybridized carbons (Fsp3) is 0.588. The van der Waals surface area contributed by atoms with Crippen molar-refractivity contribution in [2.45, 2.75) is 39.5 Å². The average molecular weight is 260 g/mol. The molecule has 19 heavy (non-hydrogen) atoms. The number of ether oxygens (including phenoxy) is 1. The second-order valence-corrected chi connectivity index (χ2v) is 6.42. The summed E-state index contributed by atoms with van der Waals surface area (Å²) < 4.78 is 5.16. The summed E-state index contributed by atoms with van der Waals surface area (Å²) in [5.74, 6) is 1.84. The quantitative estimate of drug-likeness (QED) is 0.751. The maximum atomic E-state index is 11.1. The monoisotopic (exact) mass is 260 g/mol. The molecular weight excluding hydrogens is 236 g/mol. The van der Waals surface area contributed by atoms with Crippen molar-refractivity contribution in [3.63, 3.8) is 0 Å². The fourth-order valence-electron chi connectivity index (χ4n) is 3.28. The smallest absolute Gasteiger partial charge is 0.123 e. The second-order valence-electron chi connectivity index (χ2n) is 6.42. The predicted octanol–water partition coefficient (Wildman–Crippen LogP) is 3.88. The van der Waals surface area contributed by atoms with Gasteiger partial charge < -0.3 is 9.53 Å². The number of benzene rings is 1. The molecule has 1 aromatic carbocycles. The van der Waals surface area contributed by atoms with Gasteiger partial charge in [-0.05, 0) is 54.7 Å². The largest absolute Gasteiger partial charge is 0.497 e. The SMILES string of the molecule is COc1ccc(CC[C@@H]2C[C@H](C=O)C(C)(C)C2)cc1. The Balaban J connectivity index is 1.87. The number of aryl methyl sites for hydroxylation is 1. The van der Waals surface area contributed by atoms with Crippen LogP contribution in [0.2, 0.25) is 0 Å². The average Bonchev–Trinajstić information content (AvgIpc) is 2.71. The van der Waals surface area contributed by atoms with Gasteiger partial charge in [0.15, 0.2) is 0 Å². The summed E-state index contributed by atoms with van der Waals surface area (Å²) >= 11 is 0. The molecule has 0 spiro atoms. The highest BCUT2D eigenvalue weighted by Gasteiger charge is 2.39. The van der Waals surface area contributed by atoms with Crippen molar-refractivity contribution in [1.29, 1.82) is 0 Å². The van der Waals surface area contributed by atoms with E-state index < -0.39 is 0 Å². The number of aldehydes is 1. The van der Waals surface area contributed by atoms with Gasteiger partial charge in [-0.2, -0.15) is 0 Å². The maximum absolute atomic E-state index is 11.1. The number of rotatable bonds is 5. The number of carbonyl (C=O) groups is 1. The molecule has 2 nitrogen and oxygen atoms in total. The highest BCUT2D eigenvalue weighted by atomic mass is 16.5. The van der Waals surface area contributed by atoms with Crippen LogP contribution in [-0.4, -0.2) is 13.4 Å². The molecule has 0 bridgehead atoms. The Morgan fingerprint density at radius 3 is 2.53 bits per heavy atom. The Labute approximate surface area is 116 Å². The summed E-state index contributed by atoms with van der Waals surface area (Å²) in [4.78, 5) is 11.1. The minimum absolute atomic E-state index is 0.187. The van der Waals surface area contributed by atoms with Crippen LogP contribution in [0.4, 0.5) is 0 Å².